The van der Waals surface area contributed by atoms with Gasteiger partial charge in [0.1, 0.15) is 6.04 Å². The number of hydrogen-bond acceptors (Lipinski definition) is 4. The summed E-state index contributed by atoms with van der Waals surface area (Å²) in [4.78, 5) is 25.1. The number of amides is 2. The van der Waals surface area contributed by atoms with Crippen LogP contribution in [0.4, 0.5) is 4.79 Å². The molecule has 0 aliphatic carbocycles. The van der Waals surface area contributed by atoms with Crippen LogP contribution in [0.25, 0.3) is 0 Å². The number of morpholine rings is 1. The Hall–Kier alpha value is -1.34. The van der Waals surface area contributed by atoms with Gasteiger partial charge in [0.05, 0.1) is 12.7 Å². The van der Waals surface area contributed by atoms with Crippen LogP contribution in [0.15, 0.2) is 0 Å². The van der Waals surface area contributed by atoms with Crippen LogP contribution in [0.1, 0.15) is 32.6 Å². The van der Waals surface area contributed by atoms with Crippen molar-refractivity contribution in [1.29, 1.82) is 0 Å². The Morgan fingerprint density at radius 2 is 2.29 bits per heavy atom. The van der Waals surface area contributed by atoms with Crippen LogP contribution in [0.3, 0.4) is 0 Å². The van der Waals surface area contributed by atoms with Crippen molar-refractivity contribution < 1.29 is 19.4 Å². The zero-order valence-corrected chi connectivity index (χ0v) is 12.5. The zero-order valence-electron chi connectivity index (χ0n) is 12.5. The molecule has 2 amide bonds. The lowest BCUT2D eigenvalue weighted by Gasteiger charge is -2.35. The molecule has 7 nitrogen and oxygen atoms in total. The fourth-order valence-corrected chi connectivity index (χ4v) is 2.97. The Morgan fingerprint density at radius 1 is 1.48 bits per heavy atom. The Morgan fingerprint density at radius 3 is 3.00 bits per heavy atom. The second-order valence-electron chi connectivity index (χ2n) is 5.78. The van der Waals surface area contributed by atoms with Gasteiger partial charge in [0.15, 0.2) is 0 Å². The van der Waals surface area contributed by atoms with Crippen LogP contribution in [0.5, 0.6) is 0 Å². The summed E-state index contributed by atoms with van der Waals surface area (Å²) in [5, 5.41) is 14.2. The van der Waals surface area contributed by atoms with Gasteiger partial charge in [-0.2, -0.15) is 0 Å². The highest BCUT2D eigenvalue weighted by atomic mass is 16.5. The normalized spacial score (nSPS) is 26.9. The Kier molecular flexibility index (Phi) is 5.81. The summed E-state index contributed by atoms with van der Waals surface area (Å²) in [6, 6.07) is -0.732. The molecule has 3 atom stereocenters. The van der Waals surface area contributed by atoms with E-state index in [0.717, 1.165) is 19.7 Å². The predicted octanol–water partition coefficient (Wildman–Crippen LogP) is 0.402. The average molecular weight is 299 g/mol. The minimum Gasteiger partial charge on any atom is -0.480 e. The van der Waals surface area contributed by atoms with Crippen molar-refractivity contribution in [3.05, 3.63) is 0 Å². The molecular weight excluding hydrogens is 274 g/mol. The molecule has 0 radical (unpaired) electrons. The first kappa shape index (κ1) is 16.0. The molecule has 3 N–H and O–H groups in total. The predicted molar refractivity (Wildman–Crippen MR) is 77.2 cm³/mol. The monoisotopic (exact) mass is 299 g/mol. The summed E-state index contributed by atoms with van der Waals surface area (Å²) in [5.41, 5.74) is 0. The molecule has 21 heavy (non-hydrogen) atoms. The summed E-state index contributed by atoms with van der Waals surface area (Å²) in [6.07, 6.45) is 3.53. The highest BCUT2D eigenvalue weighted by molar-refractivity contribution is 5.82. The number of carboxylic acid groups (broad SMARTS) is 1. The molecule has 2 aliphatic rings. The average Bonchev–Trinajstić information content (AvgIpc) is 2.92. The van der Waals surface area contributed by atoms with Crippen molar-refractivity contribution in [1.82, 2.24) is 15.5 Å². The SMILES string of the molecule is CCCC(NC(=O)NCC1CN2CCCC2CO1)C(=O)O. The summed E-state index contributed by atoms with van der Waals surface area (Å²) in [5.74, 6) is -0.999. The second-order valence-corrected chi connectivity index (χ2v) is 5.78. The molecule has 2 rings (SSSR count). The molecule has 2 aliphatic heterocycles. The van der Waals surface area contributed by atoms with E-state index >= 15 is 0 Å². The zero-order chi connectivity index (χ0) is 15.2. The van der Waals surface area contributed by atoms with E-state index in [1.165, 1.54) is 12.8 Å². The fourth-order valence-electron chi connectivity index (χ4n) is 2.97. The minimum atomic E-state index is -0.999. The van der Waals surface area contributed by atoms with Gasteiger partial charge in [-0.05, 0) is 25.8 Å². The van der Waals surface area contributed by atoms with Gasteiger partial charge in [-0.25, -0.2) is 9.59 Å². The van der Waals surface area contributed by atoms with Crippen LogP contribution >= 0.6 is 0 Å². The summed E-state index contributed by atoms with van der Waals surface area (Å²) in [6.45, 7) is 4.96. The van der Waals surface area contributed by atoms with E-state index in [2.05, 4.69) is 15.5 Å². The molecule has 0 aromatic carbocycles. The van der Waals surface area contributed by atoms with E-state index in [1.54, 1.807) is 0 Å². The number of carbonyl (C=O) groups is 2. The van der Waals surface area contributed by atoms with Crippen LogP contribution < -0.4 is 10.6 Å². The molecule has 0 spiro atoms. The number of carbonyl (C=O) groups excluding carboxylic acids is 1. The van der Waals surface area contributed by atoms with Gasteiger partial charge in [-0.15, -0.1) is 0 Å². The van der Waals surface area contributed by atoms with Crippen molar-refractivity contribution in [3.63, 3.8) is 0 Å². The second kappa shape index (κ2) is 7.61. The lowest BCUT2D eigenvalue weighted by atomic mass is 10.2. The van der Waals surface area contributed by atoms with Crippen LogP contribution in [0, 0.1) is 0 Å². The highest BCUT2D eigenvalue weighted by Gasteiger charge is 2.32. The highest BCUT2D eigenvalue weighted by Crippen LogP contribution is 2.22. The van der Waals surface area contributed by atoms with Crippen molar-refractivity contribution in [2.75, 3.05) is 26.2 Å². The number of carboxylic acids is 1. The molecule has 0 aromatic rings. The lowest BCUT2D eigenvalue weighted by molar-refractivity contribution is -0.139. The summed E-state index contributed by atoms with van der Waals surface area (Å²) < 4.78 is 5.74. The number of aliphatic carboxylic acids is 1. The molecule has 0 bridgehead atoms. The molecule has 0 aromatic heterocycles. The number of ether oxygens (including phenoxy) is 1. The third-order valence-electron chi connectivity index (χ3n) is 4.13. The van der Waals surface area contributed by atoms with Crippen LogP contribution in [0.2, 0.25) is 0 Å². The van der Waals surface area contributed by atoms with Gasteiger partial charge in [0, 0.05) is 19.1 Å². The largest absolute Gasteiger partial charge is 0.480 e. The summed E-state index contributed by atoms with van der Waals surface area (Å²) in [7, 11) is 0. The van der Waals surface area contributed by atoms with E-state index in [-0.39, 0.29) is 6.10 Å². The van der Waals surface area contributed by atoms with Gasteiger partial charge in [0.25, 0.3) is 0 Å². The van der Waals surface area contributed by atoms with Gasteiger partial charge >= 0.3 is 12.0 Å². The van der Waals surface area contributed by atoms with E-state index in [0.29, 0.717) is 25.4 Å². The molecule has 120 valence electrons. The number of fused-ring (bicyclic) bond motifs is 1. The maximum Gasteiger partial charge on any atom is 0.326 e. The molecule has 3 unspecified atom stereocenters. The lowest BCUT2D eigenvalue weighted by Crippen LogP contribution is -2.52. The Balaban J connectivity index is 1.70. The van der Waals surface area contributed by atoms with E-state index in [9.17, 15) is 9.59 Å². The molecule has 7 heteroatoms. The van der Waals surface area contributed by atoms with E-state index in [4.69, 9.17) is 9.84 Å². The number of hydrogen-bond donors (Lipinski definition) is 3. The van der Waals surface area contributed by atoms with E-state index in [1.807, 2.05) is 6.92 Å². The maximum absolute atomic E-state index is 11.7. The standard InChI is InChI=1S/C14H25N3O4/c1-2-4-12(13(18)19)16-14(20)15-7-11-8-17-6-3-5-10(17)9-21-11/h10-12H,2-9H2,1H3,(H,18,19)(H2,15,16,20). The van der Waals surface area contributed by atoms with E-state index < -0.39 is 18.0 Å². The topological polar surface area (TPSA) is 90.9 Å². The molecule has 0 saturated carbocycles. The van der Waals surface area contributed by atoms with Crippen molar-refractivity contribution in [3.8, 4) is 0 Å². The van der Waals surface area contributed by atoms with Crippen LogP contribution in [-0.2, 0) is 9.53 Å². The molecule has 2 saturated heterocycles. The number of nitrogens with one attached hydrogen (secondary N) is 2. The first-order valence-electron chi connectivity index (χ1n) is 7.73. The van der Waals surface area contributed by atoms with Crippen molar-refractivity contribution in [2.45, 2.75) is 50.8 Å². The molecule has 2 heterocycles. The third-order valence-corrected chi connectivity index (χ3v) is 4.13. The first-order valence-corrected chi connectivity index (χ1v) is 7.73. The fraction of sp³-hybridized carbons (Fsp3) is 0.857. The number of rotatable bonds is 6. The smallest absolute Gasteiger partial charge is 0.326 e. The van der Waals surface area contributed by atoms with Crippen molar-refractivity contribution >= 4 is 12.0 Å². The first-order chi connectivity index (χ1) is 10.1. The molecule has 2 fully saturated rings. The van der Waals surface area contributed by atoms with Gasteiger partial charge < -0.3 is 20.5 Å². The Labute approximate surface area is 125 Å². The summed E-state index contributed by atoms with van der Waals surface area (Å²) >= 11 is 0. The van der Waals surface area contributed by atoms with Crippen LogP contribution in [-0.4, -0.2) is 66.4 Å². The minimum absolute atomic E-state index is 0.0143. The molecular formula is C14H25N3O4. The van der Waals surface area contributed by atoms with Gasteiger partial charge in [-0.3, -0.25) is 4.90 Å². The number of urea groups is 1. The quantitative estimate of drug-likeness (QED) is 0.660. The number of nitrogens with zero attached hydrogens (tertiary/aromatic N) is 1. The Bertz CT molecular complexity index is 377. The van der Waals surface area contributed by atoms with Gasteiger partial charge in [0.2, 0.25) is 0 Å². The maximum atomic E-state index is 11.7. The van der Waals surface area contributed by atoms with Gasteiger partial charge in [-0.1, -0.05) is 13.3 Å². The third kappa shape index (κ3) is 4.57. The van der Waals surface area contributed by atoms with Crippen molar-refractivity contribution in [2.24, 2.45) is 0 Å².